The van der Waals surface area contributed by atoms with Gasteiger partial charge < -0.3 is 9.30 Å². The zero-order chi connectivity index (χ0) is 17.4. The number of hydrogen-bond donors (Lipinski definition) is 0. The summed E-state index contributed by atoms with van der Waals surface area (Å²) >= 11 is 0. The van der Waals surface area contributed by atoms with E-state index in [1.54, 1.807) is 12.1 Å². The van der Waals surface area contributed by atoms with Crippen LogP contribution in [0, 0.1) is 13.8 Å². The van der Waals surface area contributed by atoms with Gasteiger partial charge in [0.15, 0.2) is 5.78 Å². The number of methoxy groups -OCH3 is 1. The Morgan fingerprint density at radius 1 is 1.21 bits per heavy atom. The summed E-state index contributed by atoms with van der Waals surface area (Å²) in [6.07, 6.45) is 1.56. The van der Waals surface area contributed by atoms with Gasteiger partial charge in [-0.15, -0.1) is 0 Å². The van der Waals surface area contributed by atoms with Gasteiger partial charge in [0.25, 0.3) is 0 Å². The summed E-state index contributed by atoms with van der Waals surface area (Å²) in [5.74, 6) is -0.257. The molecule has 1 aromatic heterocycles. The molecule has 1 heterocycles. The van der Waals surface area contributed by atoms with Gasteiger partial charge in [-0.1, -0.05) is 18.7 Å². The molecule has 1 aliphatic carbocycles. The Morgan fingerprint density at radius 3 is 2.50 bits per heavy atom. The molecule has 0 N–H and O–H groups in total. The fourth-order valence-corrected chi connectivity index (χ4v) is 3.32. The molecule has 0 atom stereocenters. The van der Waals surface area contributed by atoms with Crippen LogP contribution in [0.4, 0.5) is 0 Å². The second-order valence-electron chi connectivity index (χ2n) is 6.24. The average molecular weight is 323 g/mol. The quantitative estimate of drug-likeness (QED) is 0.640. The molecule has 2 aromatic rings. The number of nitrogens with zero attached hydrogens (tertiary/aromatic N) is 1. The summed E-state index contributed by atoms with van der Waals surface area (Å²) in [4.78, 5) is 24.0. The first-order chi connectivity index (χ1) is 11.4. The number of ketones is 1. The van der Waals surface area contributed by atoms with Gasteiger partial charge in [0, 0.05) is 23.5 Å². The molecule has 0 amide bonds. The van der Waals surface area contributed by atoms with Crippen LogP contribution in [0.1, 0.15) is 49.7 Å². The van der Waals surface area contributed by atoms with E-state index in [-0.39, 0.29) is 11.8 Å². The number of rotatable bonds is 3. The Labute approximate surface area is 141 Å². The van der Waals surface area contributed by atoms with Gasteiger partial charge in [-0.25, -0.2) is 4.79 Å². The van der Waals surface area contributed by atoms with Crippen molar-refractivity contribution in [2.45, 2.75) is 33.2 Å². The van der Waals surface area contributed by atoms with Gasteiger partial charge in [-0.05, 0) is 55.5 Å². The van der Waals surface area contributed by atoms with Crippen LogP contribution < -0.4 is 0 Å². The van der Waals surface area contributed by atoms with E-state index in [1.807, 2.05) is 26.0 Å². The summed E-state index contributed by atoms with van der Waals surface area (Å²) in [6, 6.07) is 7.40. The number of hydrogen-bond acceptors (Lipinski definition) is 3. The lowest BCUT2D eigenvalue weighted by atomic mass is 9.90. The Kier molecular flexibility index (Phi) is 4.14. The summed E-state index contributed by atoms with van der Waals surface area (Å²) in [5, 5.41) is 0. The lowest BCUT2D eigenvalue weighted by Crippen LogP contribution is -2.16. The van der Waals surface area contributed by atoms with Crippen molar-refractivity contribution in [2.24, 2.45) is 0 Å². The van der Waals surface area contributed by atoms with E-state index in [2.05, 4.69) is 11.1 Å². The van der Waals surface area contributed by atoms with E-state index in [9.17, 15) is 9.59 Å². The molecular formula is C20H21NO3. The first-order valence-electron chi connectivity index (χ1n) is 8.02. The number of carbonyl (C=O) groups is 2. The third-order valence-corrected chi connectivity index (χ3v) is 4.86. The number of allylic oxidation sites excluding steroid dienone is 1. The summed E-state index contributed by atoms with van der Waals surface area (Å²) < 4.78 is 6.93. The maximum atomic E-state index is 12.4. The number of carbonyl (C=O) groups excluding carboxylic acids is 2. The molecule has 1 aromatic carbocycles. The molecule has 4 nitrogen and oxygen atoms in total. The van der Waals surface area contributed by atoms with Gasteiger partial charge in [-0.2, -0.15) is 0 Å². The van der Waals surface area contributed by atoms with Crippen molar-refractivity contribution in [3.05, 3.63) is 70.1 Å². The minimum atomic E-state index is -0.337. The van der Waals surface area contributed by atoms with Gasteiger partial charge in [0.1, 0.15) is 0 Å². The van der Waals surface area contributed by atoms with E-state index >= 15 is 0 Å². The molecule has 0 unspecified atom stereocenters. The highest BCUT2D eigenvalue weighted by Crippen LogP contribution is 2.31. The molecule has 0 radical (unpaired) electrons. The highest BCUT2D eigenvalue weighted by Gasteiger charge is 2.28. The minimum Gasteiger partial charge on any atom is -0.465 e. The summed E-state index contributed by atoms with van der Waals surface area (Å²) in [6.45, 7) is 8.62. The van der Waals surface area contributed by atoms with Crippen molar-refractivity contribution in [1.82, 2.24) is 4.57 Å². The van der Waals surface area contributed by atoms with Crippen LogP contribution >= 0.6 is 0 Å². The lowest BCUT2D eigenvalue weighted by molar-refractivity contribution is 0.0600. The van der Waals surface area contributed by atoms with Crippen molar-refractivity contribution in [1.29, 1.82) is 0 Å². The van der Waals surface area contributed by atoms with E-state index in [1.165, 1.54) is 7.11 Å². The number of esters is 1. The molecule has 24 heavy (non-hydrogen) atoms. The van der Waals surface area contributed by atoms with E-state index < -0.39 is 0 Å². The smallest absolute Gasteiger partial charge is 0.337 e. The van der Waals surface area contributed by atoms with Gasteiger partial charge >= 0.3 is 5.97 Å². The Morgan fingerprint density at radius 2 is 1.88 bits per heavy atom. The summed E-state index contributed by atoms with van der Waals surface area (Å²) in [5.41, 5.74) is 6.40. The van der Waals surface area contributed by atoms with Gasteiger partial charge in [-0.3, -0.25) is 4.79 Å². The maximum Gasteiger partial charge on any atom is 0.337 e. The van der Waals surface area contributed by atoms with Crippen LogP contribution in [0.5, 0.6) is 0 Å². The van der Waals surface area contributed by atoms with E-state index in [0.29, 0.717) is 17.7 Å². The molecule has 1 aliphatic rings. The molecule has 0 aliphatic heterocycles. The minimum absolute atomic E-state index is 0.0802. The van der Waals surface area contributed by atoms with Gasteiger partial charge in [0.2, 0.25) is 0 Å². The highest BCUT2D eigenvalue weighted by atomic mass is 16.5. The number of ether oxygens (including phenoxy) is 1. The van der Waals surface area contributed by atoms with E-state index in [4.69, 9.17) is 4.74 Å². The molecule has 3 rings (SSSR count). The number of benzene rings is 1. The van der Waals surface area contributed by atoms with Crippen LogP contribution in [0.2, 0.25) is 0 Å². The Balaban J connectivity index is 1.95. The van der Waals surface area contributed by atoms with Crippen molar-refractivity contribution in [3.63, 3.8) is 0 Å². The SMILES string of the molecule is C=C1CCc2c(c(C)c(C)n2Cc2ccc(C(=O)OC)cc2)C1=O. The maximum absolute atomic E-state index is 12.4. The molecule has 0 fully saturated rings. The number of aromatic nitrogens is 1. The van der Waals surface area contributed by atoms with Crippen molar-refractivity contribution >= 4 is 11.8 Å². The van der Waals surface area contributed by atoms with Crippen LogP contribution in [0.3, 0.4) is 0 Å². The monoisotopic (exact) mass is 323 g/mol. The third kappa shape index (κ3) is 2.58. The standard InChI is InChI=1S/C20H21NO3/c1-12-5-10-17-18(19(12)22)13(2)14(3)21(17)11-15-6-8-16(9-7-15)20(23)24-4/h6-9H,1,5,10-11H2,2-4H3. The Hall–Kier alpha value is -2.62. The fraction of sp³-hybridized carbons (Fsp3) is 0.300. The predicted octanol–water partition coefficient (Wildman–Crippen LogP) is 3.62. The molecule has 0 saturated carbocycles. The van der Waals surface area contributed by atoms with Gasteiger partial charge in [0.05, 0.1) is 12.7 Å². The van der Waals surface area contributed by atoms with Crippen LogP contribution in [0.15, 0.2) is 36.4 Å². The topological polar surface area (TPSA) is 48.3 Å². The highest BCUT2D eigenvalue weighted by molar-refractivity contribution is 6.11. The van der Waals surface area contributed by atoms with Crippen LogP contribution in [-0.4, -0.2) is 23.4 Å². The average Bonchev–Trinajstić information content (AvgIpc) is 2.83. The molecular weight excluding hydrogens is 302 g/mol. The molecule has 124 valence electrons. The van der Waals surface area contributed by atoms with Crippen molar-refractivity contribution in [2.75, 3.05) is 7.11 Å². The molecule has 0 saturated heterocycles. The predicted molar refractivity (Wildman–Crippen MR) is 92.6 cm³/mol. The Bertz CT molecular complexity index is 841. The summed E-state index contributed by atoms with van der Waals surface area (Å²) in [7, 11) is 1.37. The lowest BCUT2D eigenvalue weighted by Gasteiger charge is -2.17. The molecule has 0 spiro atoms. The van der Waals surface area contributed by atoms with Crippen molar-refractivity contribution < 1.29 is 14.3 Å². The van der Waals surface area contributed by atoms with E-state index in [0.717, 1.165) is 40.9 Å². The molecule has 4 heteroatoms. The second-order valence-corrected chi connectivity index (χ2v) is 6.24. The third-order valence-electron chi connectivity index (χ3n) is 4.86. The fourth-order valence-electron chi connectivity index (χ4n) is 3.32. The van der Waals surface area contributed by atoms with Crippen LogP contribution in [0.25, 0.3) is 0 Å². The van der Waals surface area contributed by atoms with Crippen molar-refractivity contribution in [3.8, 4) is 0 Å². The number of Topliss-reactive ketones (excluding diaryl/α,β-unsaturated/α-hetero) is 1. The number of fused-ring (bicyclic) bond motifs is 1. The first kappa shape index (κ1) is 16.2. The van der Waals surface area contributed by atoms with Crippen LogP contribution in [-0.2, 0) is 17.7 Å². The zero-order valence-corrected chi connectivity index (χ0v) is 14.3. The zero-order valence-electron chi connectivity index (χ0n) is 14.3. The second kappa shape index (κ2) is 6.11. The normalized spacial score (nSPS) is 13.8. The largest absolute Gasteiger partial charge is 0.465 e. The first-order valence-corrected chi connectivity index (χ1v) is 8.02. The molecule has 0 bridgehead atoms.